The van der Waals surface area contributed by atoms with Gasteiger partial charge in [-0.05, 0) is 19.1 Å². The molecule has 1 unspecified atom stereocenters. The van der Waals surface area contributed by atoms with Crippen molar-refractivity contribution in [3.8, 4) is 5.75 Å². The lowest BCUT2D eigenvalue weighted by atomic mass is 10.3. The average molecular weight is 264 g/mol. The van der Waals surface area contributed by atoms with Gasteiger partial charge in [-0.3, -0.25) is 0 Å². The molecule has 2 rings (SSSR count). The number of H-pyrrole nitrogens is 1. The van der Waals surface area contributed by atoms with Gasteiger partial charge in [-0.25, -0.2) is 4.98 Å². The van der Waals surface area contributed by atoms with Crippen LogP contribution in [0.5, 0.6) is 5.75 Å². The van der Waals surface area contributed by atoms with Crippen molar-refractivity contribution in [2.45, 2.75) is 13.0 Å². The fraction of sp³-hybridized carbons (Fsp3) is 0.300. The molecule has 0 fully saturated rings. The lowest BCUT2D eigenvalue weighted by Crippen LogP contribution is -2.06. The summed E-state index contributed by atoms with van der Waals surface area (Å²) < 4.78 is 5.11. The predicted molar refractivity (Wildman–Crippen MR) is 69.7 cm³/mol. The summed E-state index contributed by atoms with van der Waals surface area (Å²) in [6, 6.07) is 5.63. The Labute approximate surface area is 106 Å². The molecule has 1 atom stereocenters. The highest BCUT2D eigenvalue weighted by atomic mass is 35.5. The molecule has 0 spiro atoms. The summed E-state index contributed by atoms with van der Waals surface area (Å²) in [6.07, 6.45) is 0. The number of imidazole rings is 1. The quantitative estimate of drug-likeness (QED) is 0.875. The van der Waals surface area contributed by atoms with Crippen LogP contribution < -0.4 is 10.5 Å². The Morgan fingerprint density at radius 1 is 1.38 bits per heavy atom. The Hall–Kier alpha value is -0.970. The minimum atomic E-state index is -0.0756. The maximum absolute atomic E-state index is 5.72. The van der Waals surface area contributed by atoms with Gasteiger partial charge in [0.1, 0.15) is 11.6 Å². The number of halogens is 2. The molecular weight excluding hydrogens is 249 g/mol. The molecule has 4 nitrogen and oxygen atoms in total. The number of methoxy groups -OCH3 is 1. The normalized spacial score (nSPS) is 11.4. The maximum atomic E-state index is 5.72. The molecule has 0 aliphatic rings. The molecule has 0 saturated heterocycles. The van der Waals surface area contributed by atoms with E-state index in [2.05, 4.69) is 9.97 Å². The van der Waals surface area contributed by atoms with Crippen LogP contribution in [-0.4, -0.2) is 17.1 Å². The van der Waals surface area contributed by atoms with E-state index in [4.69, 9.17) is 10.5 Å². The number of nitrogens with one attached hydrogen (secondary N) is 1. The summed E-state index contributed by atoms with van der Waals surface area (Å²) in [5.74, 6) is 1.62. The predicted octanol–water partition coefficient (Wildman–Crippen LogP) is 2.43. The Bertz CT molecular complexity index is 456. The van der Waals surface area contributed by atoms with Gasteiger partial charge in [-0.15, -0.1) is 24.8 Å². The second-order valence-corrected chi connectivity index (χ2v) is 3.29. The minimum Gasteiger partial charge on any atom is -0.497 e. The second kappa shape index (κ2) is 5.94. The lowest BCUT2D eigenvalue weighted by Gasteiger charge is -1.97. The summed E-state index contributed by atoms with van der Waals surface area (Å²) in [4.78, 5) is 7.51. The third kappa shape index (κ3) is 2.78. The van der Waals surface area contributed by atoms with Gasteiger partial charge in [-0.2, -0.15) is 0 Å². The maximum Gasteiger partial charge on any atom is 0.123 e. The fourth-order valence-corrected chi connectivity index (χ4v) is 1.35. The van der Waals surface area contributed by atoms with E-state index in [0.717, 1.165) is 22.6 Å². The highest BCUT2D eigenvalue weighted by Crippen LogP contribution is 2.20. The molecule has 1 heterocycles. The van der Waals surface area contributed by atoms with E-state index in [9.17, 15) is 0 Å². The van der Waals surface area contributed by atoms with E-state index in [-0.39, 0.29) is 30.9 Å². The van der Waals surface area contributed by atoms with E-state index in [1.54, 1.807) is 7.11 Å². The number of fused-ring (bicyclic) bond motifs is 1. The van der Waals surface area contributed by atoms with Crippen LogP contribution in [0.25, 0.3) is 11.0 Å². The van der Waals surface area contributed by atoms with Gasteiger partial charge in [0.05, 0.1) is 24.2 Å². The van der Waals surface area contributed by atoms with Crippen LogP contribution in [0.1, 0.15) is 18.8 Å². The highest BCUT2D eigenvalue weighted by molar-refractivity contribution is 5.85. The summed E-state index contributed by atoms with van der Waals surface area (Å²) in [5.41, 5.74) is 7.59. The van der Waals surface area contributed by atoms with Crippen molar-refractivity contribution in [3.63, 3.8) is 0 Å². The zero-order valence-corrected chi connectivity index (χ0v) is 10.7. The number of benzene rings is 1. The zero-order chi connectivity index (χ0) is 10.1. The van der Waals surface area contributed by atoms with E-state index in [0.29, 0.717) is 0 Å². The highest BCUT2D eigenvalue weighted by Gasteiger charge is 2.06. The Morgan fingerprint density at radius 3 is 2.62 bits per heavy atom. The van der Waals surface area contributed by atoms with Gasteiger partial charge in [-0.1, -0.05) is 0 Å². The van der Waals surface area contributed by atoms with Crippen LogP contribution >= 0.6 is 24.8 Å². The van der Waals surface area contributed by atoms with E-state index >= 15 is 0 Å². The molecule has 1 aromatic heterocycles. The number of hydrogen-bond acceptors (Lipinski definition) is 3. The molecule has 0 aliphatic heterocycles. The summed E-state index contributed by atoms with van der Waals surface area (Å²) in [6.45, 7) is 1.90. The van der Waals surface area contributed by atoms with Crippen LogP contribution in [0, 0.1) is 0 Å². The number of rotatable bonds is 2. The van der Waals surface area contributed by atoms with Crippen LogP contribution in [0.2, 0.25) is 0 Å². The van der Waals surface area contributed by atoms with Gasteiger partial charge < -0.3 is 15.5 Å². The topological polar surface area (TPSA) is 63.9 Å². The molecule has 0 aliphatic carbocycles. The SMILES string of the molecule is COc1ccc2nc(C(C)N)[nH]c2c1.Cl.Cl. The number of nitrogens with two attached hydrogens (primary N) is 1. The van der Waals surface area contributed by atoms with Crippen molar-refractivity contribution in [2.75, 3.05) is 7.11 Å². The molecule has 3 N–H and O–H groups in total. The molecular formula is C10H15Cl2N3O. The number of ether oxygens (including phenoxy) is 1. The molecule has 0 radical (unpaired) electrons. The van der Waals surface area contributed by atoms with Gasteiger partial charge in [0, 0.05) is 6.07 Å². The molecule has 0 bridgehead atoms. The minimum absolute atomic E-state index is 0. The van der Waals surface area contributed by atoms with Crippen molar-refractivity contribution >= 4 is 35.8 Å². The van der Waals surface area contributed by atoms with E-state index < -0.39 is 0 Å². The molecule has 1 aromatic carbocycles. The first-order valence-corrected chi connectivity index (χ1v) is 4.50. The van der Waals surface area contributed by atoms with Crippen LogP contribution in [-0.2, 0) is 0 Å². The van der Waals surface area contributed by atoms with Gasteiger partial charge in [0.15, 0.2) is 0 Å². The molecule has 2 aromatic rings. The third-order valence-corrected chi connectivity index (χ3v) is 2.14. The summed E-state index contributed by atoms with van der Waals surface area (Å²) >= 11 is 0. The monoisotopic (exact) mass is 263 g/mol. The van der Waals surface area contributed by atoms with E-state index in [1.165, 1.54) is 0 Å². The Kier molecular flexibility index (Phi) is 5.58. The Morgan fingerprint density at radius 2 is 2.06 bits per heavy atom. The third-order valence-electron chi connectivity index (χ3n) is 2.14. The van der Waals surface area contributed by atoms with Crippen LogP contribution in [0.4, 0.5) is 0 Å². The van der Waals surface area contributed by atoms with Gasteiger partial charge in [0.25, 0.3) is 0 Å². The van der Waals surface area contributed by atoms with Crippen LogP contribution in [0.3, 0.4) is 0 Å². The number of nitrogens with zero attached hydrogens (tertiary/aromatic N) is 1. The second-order valence-electron chi connectivity index (χ2n) is 3.29. The number of aromatic nitrogens is 2. The van der Waals surface area contributed by atoms with Gasteiger partial charge in [0.2, 0.25) is 0 Å². The first-order chi connectivity index (χ1) is 6.70. The standard InChI is InChI=1S/C10H13N3O.2ClH/c1-6(11)10-12-8-4-3-7(14-2)5-9(8)13-10;;/h3-6H,11H2,1-2H3,(H,12,13);2*1H. The summed E-state index contributed by atoms with van der Waals surface area (Å²) in [5, 5.41) is 0. The Balaban J connectivity index is 0.00000112. The first kappa shape index (κ1) is 15.0. The molecule has 90 valence electrons. The number of aromatic amines is 1. The first-order valence-electron chi connectivity index (χ1n) is 4.50. The van der Waals surface area contributed by atoms with Crippen molar-refractivity contribution in [2.24, 2.45) is 5.73 Å². The van der Waals surface area contributed by atoms with Crippen molar-refractivity contribution in [1.82, 2.24) is 9.97 Å². The van der Waals surface area contributed by atoms with Gasteiger partial charge >= 0.3 is 0 Å². The molecule has 16 heavy (non-hydrogen) atoms. The van der Waals surface area contributed by atoms with E-state index in [1.807, 2.05) is 25.1 Å². The van der Waals surface area contributed by atoms with Crippen molar-refractivity contribution < 1.29 is 4.74 Å². The lowest BCUT2D eigenvalue weighted by molar-refractivity contribution is 0.415. The van der Waals surface area contributed by atoms with Crippen LogP contribution in [0.15, 0.2) is 18.2 Å². The zero-order valence-electron chi connectivity index (χ0n) is 9.06. The average Bonchev–Trinajstić information content (AvgIpc) is 2.59. The van der Waals surface area contributed by atoms with Crippen molar-refractivity contribution in [1.29, 1.82) is 0 Å². The largest absolute Gasteiger partial charge is 0.497 e. The number of hydrogen-bond donors (Lipinski definition) is 2. The fourth-order valence-electron chi connectivity index (χ4n) is 1.35. The van der Waals surface area contributed by atoms with Crippen molar-refractivity contribution in [3.05, 3.63) is 24.0 Å². The molecule has 0 saturated carbocycles. The molecule has 0 amide bonds. The molecule has 6 heteroatoms. The summed E-state index contributed by atoms with van der Waals surface area (Å²) in [7, 11) is 1.64. The smallest absolute Gasteiger partial charge is 0.123 e.